The van der Waals surface area contributed by atoms with E-state index in [0.717, 1.165) is 0 Å². The van der Waals surface area contributed by atoms with Gasteiger partial charge in [-0.15, -0.1) is 0 Å². The molecule has 0 saturated carbocycles. The zero-order chi connectivity index (χ0) is 16.7. The van der Waals surface area contributed by atoms with E-state index in [0.29, 0.717) is 0 Å². The summed E-state index contributed by atoms with van der Waals surface area (Å²) in [5.74, 6) is 0. The summed E-state index contributed by atoms with van der Waals surface area (Å²) in [4.78, 5) is 0. The van der Waals surface area contributed by atoms with Crippen molar-refractivity contribution >= 4 is 21.5 Å². The van der Waals surface area contributed by atoms with Gasteiger partial charge in [0.2, 0.25) is 0 Å². The Hall–Kier alpha value is -2.60. The summed E-state index contributed by atoms with van der Waals surface area (Å²) in [6.07, 6.45) is 0. The molecule has 0 amide bonds. The molecule has 0 atom stereocenters. The van der Waals surface area contributed by atoms with Crippen molar-refractivity contribution in [1.82, 2.24) is 0 Å². The molecule has 0 radical (unpaired) electrons. The highest BCUT2D eigenvalue weighted by molar-refractivity contribution is 6.05. The van der Waals surface area contributed by atoms with Gasteiger partial charge in [0.25, 0.3) is 0 Å². The van der Waals surface area contributed by atoms with Crippen LogP contribution in [-0.2, 0) is 5.41 Å². The first-order valence-electron chi connectivity index (χ1n) is 8.55. The summed E-state index contributed by atoms with van der Waals surface area (Å²) in [5, 5.41) is 5.24. The van der Waals surface area contributed by atoms with E-state index in [-0.39, 0.29) is 5.41 Å². The van der Waals surface area contributed by atoms with Crippen LogP contribution < -0.4 is 0 Å². The maximum atomic E-state index is 2.37. The molecule has 0 heterocycles. The van der Waals surface area contributed by atoms with E-state index in [2.05, 4.69) is 99.6 Å². The van der Waals surface area contributed by atoms with Crippen molar-refractivity contribution in [2.24, 2.45) is 0 Å². The Morgan fingerprint density at radius 2 is 1.21 bits per heavy atom. The smallest absolute Gasteiger partial charge is 0.00988 e. The van der Waals surface area contributed by atoms with Crippen molar-refractivity contribution in [3.05, 3.63) is 84.4 Å². The van der Waals surface area contributed by atoms with Crippen LogP contribution in [0.4, 0.5) is 0 Å². The zero-order valence-electron chi connectivity index (χ0n) is 14.5. The van der Waals surface area contributed by atoms with Crippen molar-refractivity contribution in [2.75, 3.05) is 0 Å². The standard InChI is InChI=1S/C24H22/c1-24(2,3)21-14-20-13-18-11-7-8-12-19(18)15-22(20)23(16-21)17-9-5-4-6-10-17/h4-16H,1-3H3. The topological polar surface area (TPSA) is 0 Å². The van der Waals surface area contributed by atoms with Gasteiger partial charge in [0.05, 0.1) is 0 Å². The van der Waals surface area contributed by atoms with E-state index >= 15 is 0 Å². The van der Waals surface area contributed by atoms with Crippen LogP contribution >= 0.6 is 0 Å². The summed E-state index contributed by atoms with van der Waals surface area (Å²) in [6, 6.07) is 28.7. The minimum absolute atomic E-state index is 0.128. The number of benzene rings is 4. The summed E-state index contributed by atoms with van der Waals surface area (Å²) < 4.78 is 0. The lowest BCUT2D eigenvalue weighted by Gasteiger charge is -2.22. The van der Waals surface area contributed by atoms with Gasteiger partial charge in [-0.25, -0.2) is 0 Å². The van der Waals surface area contributed by atoms with Crippen molar-refractivity contribution in [3.63, 3.8) is 0 Å². The van der Waals surface area contributed by atoms with Crippen molar-refractivity contribution in [2.45, 2.75) is 26.2 Å². The fourth-order valence-electron chi connectivity index (χ4n) is 3.34. The predicted molar refractivity (Wildman–Crippen MR) is 106 cm³/mol. The van der Waals surface area contributed by atoms with Crippen molar-refractivity contribution < 1.29 is 0 Å². The SMILES string of the molecule is CC(C)(C)c1cc(-c2ccccc2)c2cc3ccccc3cc2c1. The largest absolute Gasteiger partial charge is 0.0622 e. The maximum Gasteiger partial charge on any atom is -0.00988 e. The molecule has 24 heavy (non-hydrogen) atoms. The fraction of sp³-hybridized carbons (Fsp3) is 0.167. The summed E-state index contributed by atoms with van der Waals surface area (Å²) in [7, 11) is 0. The first-order valence-corrected chi connectivity index (χ1v) is 8.55. The van der Waals surface area contributed by atoms with Gasteiger partial charge in [0, 0.05) is 0 Å². The number of fused-ring (bicyclic) bond motifs is 2. The maximum absolute atomic E-state index is 2.37. The fourth-order valence-corrected chi connectivity index (χ4v) is 3.34. The lowest BCUT2D eigenvalue weighted by molar-refractivity contribution is 0.591. The Labute approximate surface area is 143 Å². The second-order valence-corrected chi connectivity index (χ2v) is 7.56. The summed E-state index contributed by atoms with van der Waals surface area (Å²) in [6.45, 7) is 6.85. The second-order valence-electron chi connectivity index (χ2n) is 7.56. The van der Waals surface area contributed by atoms with E-state index in [1.54, 1.807) is 0 Å². The van der Waals surface area contributed by atoms with Gasteiger partial charge in [0.1, 0.15) is 0 Å². The first-order chi connectivity index (χ1) is 11.5. The lowest BCUT2D eigenvalue weighted by Crippen LogP contribution is -2.11. The summed E-state index contributed by atoms with van der Waals surface area (Å²) >= 11 is 0. The Morgan fingerprint density at radius 1 is 0.583 bits per heavy atom. The molecule has 0 aliphatic heterocycles. The molecule has 0 heteroatoms. The monoisotopic (exact) mass is 310 g/mol. The van der Waals surface area contributed by atoms with Gasteiger partial charge in [-0.3, -0.25) is 0 Å². The van der Waals surface area contributed by atoms with E-state index in [1.807, 2.05) is 0 Å². The van der Waals surface area contributed by atoms with Crippen LogP contribution in [0.1, 0.15) is 26.3 Å². The minimum atomic E-state index is 0.128. The normalized spacial score (nSPS) is 12.0. The van der Waals surface area contributed by atoms with Crippen molar-refractivity contribution in [1.29, 1.82) is 0 Å². The van der Waals surface area contributed by atoms with E-state index < -0.39 is 0 Å². The van der Waals surface area contributed by atoms with E-state index in [1.165, 1.54) is 38.2 Å². The molecule has 0 aromatic heterocycles. The van der Waals surface area contributed by atoms with E-state index in [9.17, 15) is 0 Å². The number of hydrogen-bond acceptors (Lipinski definition) is 0. The van der Waals surface area contributed by atoms with Gasteiger partial charge in [-0.2, -0.15) is 0 Å². The summed E-state index contributed by atoms with van der Waals surface area (Å²) in [5.41, 5.74) is 4.11. The molecule has 0 bridgehead atoms. The van der Waals surface area contributed by atoms with Crippen LogP contribution in [0.15, 0.2) is 78.9 Å². The van der Waals surface area contributed by atoms with Gasteiger partial charge in [-0.05, 0) is 61.8 Å². The highest BCUT2D eigenvalue weighted by Gasteiger charge is 2.17. The molecule has 0 saturated heterocycles. The van der Waals surface area contributed by atoms with Gasteiger partial charge in [-0.1, -0.05) is 81.4 Å². The first kappa shape index (κ1) is 15.0. The Balaban J connectivity index is 2.12. The highest BCUT2D eigenvalue weighted by atomic mass is 14.2. The minimum Gasteiger partial charge on any atom is -0.0622 e. The molecule has 4 rings (SSSR count). The molecule has 0 aliphatic rings. The van der Waals surface area contributed by atoms with Crippen LogP contribution in [0.3, 0.4) is 0 Å². The quantitative estimate of drug-likeness (QED) is 0.333. The molecule has 4 aromatic rings. The number of rotatable bonds is 1. The average molecular weight is 310 g/mol. The molecule has 0 aliphatic carbocycles. The molecular weight excluding hydrogens is 288 g/mol. The van der Waals surface area contributed by atoms with Crippen molar-refractivity contribution in [3.8, 4) is 11.1 Å². The lowest BCUT2D eigenvalue weighted by atomic mass is 9.83. The van der Waals surface area contributed by atoms with Crippen LogP contribution in [0.25, 0.3) is 32.7 Å². The number of hydrogen-bond donors (Lipinski definition) is 0. The third kappa shape index (κ3) is 2.59. The Morgan fingerprint density at radius 3 is 1.88 bits per heavy atom. The molecule has 0 nitrogen and oxygen atoms in total. The van der Waals surface area contributed by atoms with Gasteiger partial charge in [0.15, 0.2) is 0 Å². The molecule has 0 N–H and O–H groups in total. The van der Waals surface area contributed by atoms with Gasteiger partial charge < -0.3 is 0 Å². The Bertz CT molecular complexity index is 1020. The van der Waals surface area contributed by atoms with Crippen LogP contribution in [0.2, 0.25) is 0 Å². The molecule has 118 valence electrons. The van der Waals surface area contributed by atoms with E-state index in [4.69, 9.17) is 0 Å². The highest BCUT2D eigenvalue weighted by Crippen LogP contribution is 2.36. The third-order valence-electron chi connectivity index (χ3n) is 4.77. The molecular formula is C24H22. The predicted octanol–water partition coefficient (Wildman–Crippen LogP) is 6.96. The molecule has 0 unspecified atom stereocenters. The molecule has 0 fully saturated rings. The van der Waals surface area contributed by atoms with Gasteiger partial charge >= 0.3 is 0 Å². The van der Waals surface area contributed by atoms with Crippen LogP contribution in [-0.4, -0.2) is 0 Å². The van der Waals surface area contributed by atoms with Crippen LogP contribution in [0, 0.1) is 0 Å². The Kier molecular flexibility index (Phi) is 3.42. The average Bonchev–Trinajstić information content (AvgIpc) is 2.59. The molecule has 4 aromatic carbocycles. The zero-order valence-corrected chi connectivity index (χ0v) is 14.5. The third-order valence-corrected chi connectivity index (χ3v) is 4.77. The molecule has 0 spiro atoms. The second kappa shape index (κ2) is 5.49. The van der Waals surface area contributed by atoms with Crippen LogP contribution in [0.5, 0.6) is 0 Å².